The third-order valence-electron chi connectivity index (χ3n) is 3.43. The lowest BCUT2D eigenvalue weighted by atomic mass is 10.0. The van der Waals surface area contributed by atoms with Gasteiger partial charge in [-0.1, -0.05) is 18.2 Å². The summed E-state index contributed by atoms with van der Waals surface area (Å²) in [6.45, 7) is -0.495. The highest BCUT2D eigenvalue weighted by molar-refractivity contribution is 8.00. The van der Waals surface area contributed by atoms with E-state index < -0.39 is 35.8 Å². The molecular weight excluding hydrogens is 396 g/mol. The summed E-state index contributed by atoms with van der Waals surface area (Å²) < 4.78 is 75.6. The van der Waals surface area contributed by atoms with Crippen molar-refractivity contribution in [1.82, 2.24) is 5.32 Å². The fraction of sp³-hybridized carbons (Fsp3) is 0.235. The molecule has 0 aliphatic rings. The van der Waals surface area contributed by atoms with Gasteiger partial charge in [0.1, 0.15) is 0 Å². The highest BCUT2D eigenvalue weighted by Crippen LogP contribution is 2.37. The summed E-state index contributed by atoms with van der Waals surface area (Å²) in [6.07, 6.45) is -6.26. The first kappa shape index (κ1) is 21.1. The van der Waals surface area contributed by atoms with Gasteiger partial charge in [-0.3, -0.25) is 4.79 Å². The van der Waals surface area contributed by atoms with Crippen LogP contribution < -0.4 is 5.32 Å². The molecule has 1 amide bonds. The molecule has 0 aliphatic carbocycles. The predicted octanol–water partition coefficient (Wildman–Crippen LogP) is 4.78. The van der Waals surface area contributed by atoms with Crippen molar-refractivity contribution in [2.75, 3.05) is 6.54 Å². The Morgan fingerprint density at radius 2 is 1.59 bits per heavy atom. The molecule has 27 heavy (non-hydrogen) atoms. The highest BCUT2D eigenvalue weighted by atomic mass is 32.2. The van der Waals surface area contributed by atoms with Gasteiger partial charge in [0.15, 0.2) is 0 Å². The number of hydrogen-bond donors (Lipinski definition) is 2. The number of halogens is 6. The smallest absolute Gasteiger partial charge is 0.387 e. The second-order valence-electron chi connectivity index (χ2n) is 5.38. The van der Waals surface area contributed by atoms with Gasteiger partial charge in [-0.25, -0.2) is 0 Å². The average Bonchev–Trinajstić information content (AvgIpc) is 2.58. The lowest BCUT2D eigenvalue weighted by molar-refractivity contribution is -0.139. The monoisotopic (exact) mass is 409 g/mol. The Morgan fingerprint density at radius 3 is 2.15 bits per heavy atom. The normalized spacial score (nSPS) is 13.3. The zero-order valence-electron chi connectivity index (χ0n) is 13.4. The van der Waals surface area contributed by atoms with Gasteiger partial charge in [0, 0.05) is 17.0 Å². The van der Waals surface area contributed by atoms with Gasteiger partial charge in [-0.2, -0.15) is 26.3 Å². The summed E-state index contributed by atoms with van der Waals surface area (Å²) in [5.41, 5.74) is -5.85. The molecule has 0 radical (unpaired) electrons. The molecule has 2 aromatic rings. The van der Waals surface area contributed by atoms with E-state index in [2.05, 4.69) is 5.32 Å². The first-order chi connectivity index (χ1) is 12.5. The van der Waals surface area contributed by atoms with Crippen molar-refractivity contribution in [3.63, 3.8) is 0 Å². The number of aliphatic hydroxyl groups excluding tert-OH is 1. The van der Waals surface area contributed by atoms with Gasteiger partial charge in [0.05, 0.1) is 11.7 Å². The number of carbonyl (C=O) groups is 1. The number of nitrogens with one attached hydrogen (secondary N) is 1. The first-order valence-corrected chi connectivity index (χ1v) is 8.27. The maximum absolute atomic E-state index is 12.9. The van der Waals surface area contributed by atoms with Crippen LogP contribution in [0, 0.1) is 0 Å². The number of carbonyl (C=O) groups excluding carboxylic acids is 1. The van der Waals surface area contributed by atoms with E-state index in [0.717, 1.165) is 36.4 Å². The summed E-state index contributed by atoms with van der Waals surface area (Å²) in [7, 11) is 0. The van der Waals surface area contributed by atoms with Crippen LogP contribution in [0.1, 0.15) is 27.6 Å². The standard InChI is InChI=1S/C17H13F6NO2S/c18-16(19,20)13-4-2-1-3-12(13)14(25)9-24-15(26)10-5-7-11(8-6-10)27-17(21,22)23/h1-8,14,25H,9H2,(H,24,26). The second kappa shape index (κ2) is 8.22. The van der Waals surface area contributed by atoms with Gasteiger partial charge < -0.3 is 10.4 Å². The number of alkyl halides is 6. The van der Waals surface area contributed by atoms with Crippen molar-refractivity contribution < 1.29 is 36.2 Å². The molecule has 1 unspecified atom stereocenters. The number of amides is 1. The maximum Gasteiger partial charge on any atom is 0.446 e. The van der Waals surface area contributed by atoms with Crippen molar-refractivity contribution >= 4 is 17.7 Å². The Balaban J connectivity index is 2.02. The SMILES string of the molecule is O=C(NCC(O)c1ccccc1C(F)(F)F)c1ccc(SC(F)(F)F)cc1. The van der Waals surface area contributed by atoms with Crippen LogP contribution >= 0.6 is 11.8 Å². The zero-order chi connectivity index (χ0) is 20.2. The van der Waals surface area contributed by atoms with Gasteiger partial charge in [0.25, 0.3) is 5.91 Å². The molecule has 0 aromatic heterocycles. The van der Waals surface area contributed by atoms with E-state index in [-0.39, 0.29) is 27.8 Å². The Labute approximate surface area is 154 Å². The highest BCUT2D eigenvalue weighted by Gasteiger charge is 2.34. The summed E-state index contributed by atoms with van der Waals surface area (Å²) in [4.78, 5) is 11.9. The summed E-state index contributed by atoms with van der Waals surface area (Å²) in [5.74, 6) is -0.734. The molecule has 0 fully saturated rings. The molecule has 2 aromatic carbocycles. The van der Waals surface area contributed by atoms with E-state index >= 15 is 0 Å². The molecule has 0 heterocycles. The van der Waals surface area contributed by atoms with Crippen LogP contribution in [-0.2, 0) is 6.18 Å². The van der Waals surface area contributed by atoms with E-state index in [1.165, 1.54) is 12.1 Å². The molecule has 10 heteroatoms. The summed E-state index contributed by atoms with van der Waals surface area (Å²) >= 11 is -0.338. The summed E-state index contributed by atoms with van der Waals surface area (Å²) in [5, 5.41) is 12.2. The van der Waals surface area contributed by atoms with Gasteiger partial charge in [-0.15, -0.1) is 0 Å². The Bertz CT molecular complexity index is 789. The van der Waals surface area contributed by atoms with Crippen molar-refractivity contribution in [2.45, 2.75) is 22.7 Å². The van der Waals surface area contributed by atoms with Crippen LogP contribution in [0.15, 0.2) is 53.4 Å². The van der Waals surface area contributed by atoms with E-state index in [0.29, 0.717) is 0 Å². The molecule has 0 aliphatic heterocycles. The van der Waals surface area contributed by atoms with Crippen LogP contribution in [0.3, 0.4) is 0 Å². The number of thioether (sulfide) groups is 1. The Morgan fingerprint density at radius 1 is 1.00 bits per heavy atom. The predicted molar refractivity (Wildman–Crippen MR) is 87.1 cm³/mol. The van der Waals surface area contributed by atoms with Gasteiger partial charge >= 0.3 is 11.7 Å². The third kappa shape index (κ3) is 6.17. The average molecular weight is 409 g/mol. The summed E-state index contributed by atoms with van der Waals surface area (Å²) in [6, 6.07) is 8.93. The van der Waals surface area contributed by atoms with Crippen LogP contribution in [-0.4, -0.2) is 23.1 Å². The number of rotatable bonds is 5. The fourth-order valence-electron chi connectivity index (χ4n) is 2.26. The van der Waals surface area contributed by atoms with Crippen LogP contribution in [0.25, 0.3) is 0 Å². The molecule has 146 valence electrons. The lowest BCUT2D eigenvalue weighted by Gasteiger charge is -2.18. The molecular formula is C17H13F6NO2S. The van der Waals surface area contributed by atoms with E-state index in [9.17, 15) is 36.2 Å². The Kier molecular flexibility index (Phi) is 6.42. The molecule has 2 rings (SSSR count). The number of benzene rings is 2. The minimum Gasteiger partial charge on any atom is -0.387 e. The third-order valence-corrected chi connectivity index (χ3v) is 4.17. The van der Waals surface area contributed by atoms with E-state index in [1.807, 2.05) is 0 Å². The van der Waals surface area contributed by atoms with Crippen LogP contribution in [0.2, 0.25) is 0 Å². The fourth-order valence-corrected chi connectivity index (χ4v) is 2.79. The topological polar surface area (TPSA) is 49.3 Å². The van der Waals surface area contributed by atoms with E-state index in [4.69, 9.17) is 0 Å². The Hall–Kier alpha value is -2.20. The van der Waals surface area contributed by atoms with Crippen LogP contribution in [0.4, 0.5) is 26.3 Å². The minimum absolute atomic E-state index is 0.0119. The number of hydrogen-bond acceptors (Lipinski definition) is 3. The van der Waals surface area contributed by atoms with Crippen LogP contribution in [0.5, 0.6) is 0 Å². The maximum atomic E-state index is 12.9. The largest absolute Gasteiger partial charge is 0.446 e. The van der Waals surface area contributed by atoms with Crippen molar-refractivity contribution in [3.05, 3.63) is 65.2 Å². The number of aliphatic hydroxyl groups is 1. The quantitative estimate of drug-likeness (QED) is 0.552. The zero-order valence-corrected chi connectivity index (χ0v) is 14.3. The lowest BCUT2D eigenvalue weighted by Crippen LogP contribution is -2.29. The minimum atomic E-state index is -4.66. The molecule has 0 saturated carbocycles. The first-order valence-electron chi connectivity index (χ1n) is 7.45. The van der Waals surface area contributed by atoms with Gasteiger partial charge in [-0.05, 0) is 47.7 Å². The van der Waals surface area contributed by atoms with Crippen molar-refractivity contribution in [2.24, 2.45) is 0 Å². The molecule has 0 bridgehead atoms. The molecule has 2 N–H and O–H groups in total. The van der Waals surface area contributed by atoms with E-state index in [1.54, 1.807) is 0 Å². The molecule has 0 spiro atoms. The molecule has 0 saturated heterocycles. The van der Waals surface area contributed by atoms with Crippen molar-refractivity contribution in [3.8, 4) is 0 Å². The molecule has 3 nitrogen and oxygen atoms in total. The van der Waals surface area contributed by atoms with Crippen molar-refractivity contribution in [1.29, 1.82) is 0 Å². The molecule has 1 atom stereocenters. The second-order valence-corrected chi connectivity index (χ2v) is 6.52. The van der Waals surface area contributed by atoms with Gasteiger partial charge in [0.2, 0.25) is 0 Å².